The summed E-state index contributed by atoms with van der Waals surface area (Å²) in [5.41, 5.74) is 1.21. The number of hydrogen-bond donors (Lipinski definition) is 1. The van der Waals surface area contributed by atoms with E-state index in [9.17, 15) is 14.7 Å². The van der Waals surface area contributed by atoms with Gasteiger partial charge in [-0.05, 0) is 49.3 Å². The van der Waals surface area contributed by atoms with Crippen molar-refractivity contribution < 1.29 is 19.4 Å². The standard InChI is InChI=1S/C20H28O4/c1-3-5-14-7-10-16(11-8-14)24-20(23)17-12-9-15(6-4-2)13-18(17)19(21)22/h7-8,10-11,15,17-18H,3-6,9,12-13H2,1-2H3,(H,21,22)/t15?,17-,18-/m1/s1. The van der Waals surface area contributed by atoms with Crippen molar-refractivity contribution >= 4 is 11.9 Å². The second-order valence-electron chi connectivity index (χ2n) is 6.83. The summed E-state index contributed by atoms with van der Waals surface area (Å²) in [6.07, 6.45) is 6.25. The summed E-state index contributed by atoms with van der Waals surface area (Å²) in [4.78, 5) is 24.1. The van der Waals surface area contributed by atoms with Gasteiger partial charge < -0.3 is 9.84 Å². The Morgan fingerprint density at radius 3 is 2.38 bits per heavy atom. The average Bonchev–Trinajstić information content (AvgIpc) is 2.57. The SMILES string of the molecule is CCCc1ccc(OC(=O)[C@@H]2CCC(CCC)C[C@H]2C(=O)O)cc1. The van der Waals surface area contributed by atoms with Gasteiger partial charge in [-0.15, -0.1) is 0 Å². The molecule has 0 aromatic heterocycles. The van der Waals surface area contributed by atoms with Gasteiger partial charge in [-0.25, -0.2) is 0 Å². The van der Waals surface area contributed by atoms with Gasteiger partial charge in [-0.3, -0.25) is 9.59 Å². The van der Waals surface area contributed by atoms with Gasteiger partial charge in [0.15, 0.2) is 0 Å². The highest BCUT2D eigenvalue weighted by atomic mass is 16.5. The number of benzene rings is 1. The van der Waals surface area contributed by atoms with Gasteiger partial charge in [0.05, 0.1) is 11.8 Å². The van der Waals surface area contributed by atoms with Crippen molar-refractivity contribution in [1.82, 2.24) is 0 Å². The zero-order valence-corrected chi connectivity index (χ0v) is 14.7. The number of carbonyl (C=O) groups excluding carboxylic acids is 1. The molecule has 1 N–H and O–H groups in total. The topological polar surface area (TPSA) is 63.6 Å². The van der Waals surface area contributed by atoms with Crippen LogP contribution in [-0.4, -0.2) is 17.0 Å². The summed E-state index contributed by atoms with van der Waals surface area (Å²) >= 11 is 0. The molecule has 1 aliphatic rings. The Balaban J connectivity index is 2.00. The first-order valence-corrected chi connectivity index (χ1v) is 9.08. The lowest BCUT2D eigenvalue weighted by atomic mass is 9.72. The molecule has 1 aromatic rings. The van der Waals surface area contributed by atoms with Crippen LogP contribution in [0.3, 0.4) is 0 Å². The number of hydrogen-bond acceptors (Lipinski definition) is 3. The van der Waals surface area contributed by atoms with Gasteiger partial charge in [-0.1, -0.05) is 45.2 Å². The molecule has 1 saturated carbocycles. The maximum atomic E-state index is 12.5. The summed E-state index contributed by atoms with van der Waals surface area (Å²) in [6.45, 7) is 4.23. The van der Waals surface area contributed by atoms with Crippen LogP contribution in [0, 0.1) is 17.8 Å². The molecule has 1 unspecified atom stereocenters. The first kappa shape index (κ1) is 18.5. The predicted octanol–water partition coefficient (Wildman–Crippen LogP) is 4.46. The fourth-order valence-corrected chi connectivity index (χ4v) is 3.69. The van der Waals surface area contributed by atoms with Crippen LogP contribution in [-0.2, 0) is 16.0 Å². The fourth-order valence-electron chi connectivity index (χ4n) is 3.69. The van der Waals surface area contributed by atoms with E-state index in [0.29, 0.717) is 24.5 Å². The van der Waals surface area contributed by atoms with Crippen LogP contribution in [0.25, 0.3) is 0 Å². The molecule has 0 heterocycles. The Bertz CT molecular complexity index is 549. The van der Waals surface area contributed by atoms with Gasteiger partial charge in [0.1, 0.15) is 5.75 Å². The van der Waals surface area contributed by atoms with E-state index in [1.807, 2.05) is 12.1 Å². The minimum atomic E-state index is -0.879. The third-order valence-corrected chi connectivity index (χ3v) is 4.96. The van der Waals surface area contributed by atoms with Crippen molar-refractivity contribution in [2.45, 2.75) is 58.8 Å². The van der Waals surface area contributed by atoms with Crippen LogP contribution in [0.15, 0.2) is 24.3 Å². The Morgan fingerprint density at radius 2 is 1.79 bits per heavy atom. The number of rotatable bonds is 7. The lowest BCUT2D eigenvalue weighted by Gasteiger charge is -2.32. The highest BCUT2D eigenvalue weighted by Crippen LogP contribution is 2.37. The maximum absolute atomic E-state index is 12.5. The number of esters is 1. The van der Waals surface area contributed by atoms with Crippen LogP contribution in [0.4, 0.5) is 0 Å². The monoisotopic (exact) mass is 332 g/mol. The number of ether oxygens (including phenoxy) is 1. The van der Waals surface area contributed by atoms with Crippen molar-refractivity contribution in [2.75, 3.05) is 0 Å². The Kier molecular flexibility index (Phi) is 6.83. The Labute approximate surface area is 144 Å². The molecule has 1 aromatic carbocycles. The summed E-state index contributed by atoms with van der Waals surface area (Å²) in [6, 6.07) is 7.50. The minimum absolute atomic E-state index is 0.402. The molecule has 4 heteroatoms. The summed E-state index contributed by atoms with van der Waals surface area (Å²) in [5, 5.41) is 9.50. The molecule has 0 bridgehead atoms. The summed E-state index contributed by atoms with van der Waals surface area (Å²) in [7, 11) is 0. The lowest BCUT2D eigenvalue weighted by molar-refractivity contribution is -0.155. The van der Waals surface area contributed by atoms with E-state index in [0.717, 1.165) is 32.1 Å². The van der Waals surface area contributed by atoms with Crippen LogP contribution in [0.5, 0.6) is 5.75 Å². The summed E-state index contributed by atoms with van der Waals surface area (Å²) < 4.78 is 5.46. The molecule has 0 radical (unpaired) electrons. The molecule has 1 aliphatic carbocycles. The van der Waals surface area contributed by atoms with Crippen LogP contribution < -0.4 is 4.74 Å². The predicted molar refractivity (Wildman–Crippen MR) is 92.9 cm³/mol. The number of carbonyl (C=O) groups is 2. The molecular formula is C20H28O4. The zero-order chi connectivity index (χ0) is 17.5. The Morgan fingerprint density at radius 1 is 1.08 bits per heavy atom. The molecule has 1 fully saturated rings. The quantitative estimate of drug-likeness (QED) is 0.591. The molecule has 3 atom stereocenters. The highest BCUT2D eigenvalue weighted by molar-refractivity contribution is 5.82. The van der Waals surface area contributed by atoms with Gasteiger partial charge in [0.2, 0.25) is 0 Å². The second-order valence-corrected chi connectivity index (χ2v) is 6.83. The third-order valence-electron chi connectivity index (χ3n) is 4.96. The van der Waals surface area contributed by atoms with Crippen molar-refractivity contribution in [3.05, 3.63) is 29.8 Å². The number of aryl methyl sites for hydroxylation is 1. The molecule has 0 amide bonds. The smallest absolute Gasteiger partial charge is 0.315 e. The number of aliphatic carboxylic acids is 1. The second kappa shape index (κ2) is 8.86. The first-order chi connectivity index (χ1) is 11.5. The molecular weight excluding hydrogens is 304 g/mol. The highest BCUT2D eigenvalue weighted by Gasteiger charge is 2.40. The summed E-state index contributed by atoms with van der Waals surface area (Å²) in [5.74, 6) is -1.53. The fraction of sp³-hybridized carbons (Fsp3) is 0.600. The van der Waals surface area contributed by atoms with Gasteiger partial charge in [0, 0.05) is 0 Å². The number of carboxylic acid groups (broad SMARTS) is 1. The van der Waals surface area contributed by atoms with Crippen molar-refractivity contribution in [1.29, 1.82) is 0 Å². The van der Waals surface area contributed by atoms with E-state index in [2.05, 4.69) is 13.8 Å². The van der Waals surface area contributed by atoms with Gasteiger partial charge in [0.25, 0.3) is 0 Å². The van der Waals surface area contributed by atoms with Crippen molar-refractivity contribution in [3.63, 3.8) is 0 Å². The molecule has 0 saturated heterocycles. The molecule has 4 nitrogen and oxygen atoms in total. The van der Waals surface area contributed by atoms with Gasteiger partial charge >= 0.3 is 11.9 Å². The Hall–Kier alpha value is -1.84. The molecule has 132 valence electrons. The maximum Gasteiger partial charge on any atom is 0.315 e. The van der Waals surface area contributed by atoms with Crippen LogP contribution in [0.2, 0.25) is 0 Å². The minimum Gasteiger partial charge on any atom is -0.481 e. The van der Waals surface area contributed by atoms with Crippen molar-refractivity contribution in [2.24, 2.45) is 17.8 Å². The van der Waals surface area contributed by atoms with E-state index < -0.39 is 23.8 Å². The molecule has 2 rings (SSSR count). The molecule has 0 spiro atoms. The van der Waals surface area contributed by atoms with E-state index in [4.69, 9.17) is 4.74 Å². The van der Waals surface area contributed by atoms with Gasteiger partial charge in [-0.2, -0.15) is 0 Å². The first-order valence-electron chi connectivity index (χ1n) is 9.08. The molecule has 24 heavy (non-hydrogen) atoms. The van der Waals surface area contributed by atoms with E-state index in [1.54, 1.807) is 12.1 Å². The van der Waals surface area contributed by atoms with Crippen molar-refractivity contribution in [3.8, 4) is 5.75 Å². The van der Waals surface area contributed by atoms with Crippen LogP contribution in [0.1, 0.15) is 57.9 Å². The van der Waals surface area contributed by atoms with E-state index >= 15 is 0 Å². The average molecular weight is 332 g/mol. The van der Waals surface area contributed by atoms with E-state index in [1.165, 1.54) is 5.56 Å². The lowest BCUT2D eigenvalue weighted by Crippen LogP contribution is -2.37. The third kappa shape index (κ3) is 4.83. The normalized spacial score (nSPS) is 23.7. The number of carboxylic acids is 1. The van der Waals surface area contributed by atoms with Crippen LogP contribution >= 0.6 is 0 Å². The molecule has 0 aliphatic heterocycles. The van der Waals surface area contributed by atoms with E-state index in [-0.39, 0.29) is 0 Å². The largest absolute Gasteiger partial charge is 0.481 e. The zero-order valence-electron chi connectivity index (χ0n) is 14.7.